The SMILES string of the molecule is C[C@]12CC[C@H]3[C@@H](C(=C(F)F)CC4=CC(=O)C=C[C@@]43C)[C@@H]1CC[C@@H]2O. The fraction of sp³-hybridized carbons (Fsp3) is 0.650. The first-order valence-corrected chi connectivity index (χ1v) is 8.94. The molecule has 4 aliphatic rings. The Morgan fingerprint density at radius 1 is 1.21 bits per heavy atom. The number of carbonyl (C=O) groups excluding carboxylic acids is 1. The van der Waals surface area contributed by atoms with Gasteiger partial charge in [0.25, 0.3) is 6.08 Å². The molecule has 4 rings (SSSR count). The zero-order valence-corrected chi connectivity index (χ0v) is 14.2. The number of halogens is 2. The molecule has 130 valence electrons. The van der Waals surface area contributed by atoms with E-state index in [-0.39, 0.29) is 52.5 Å². The smallest absolute Gasteiger partial charge is 0.270 e. The molecule has 0 radical (unpaired) electrons. The molecule has 0 spiro atoms. The van der Waals surface area contributed by atoms with Crippen LogP contribution in [-0.4, -0.2) is 17.0 Å². The lowest BCUT2D eigenvalue weighted by Crippen LogP contribution is -2.51. The Balaban J connectivity index is 1.84. The van der Waals surface area contributed by atoms with Crippen molar-refractivity contribution in [2.75, 3.05) is 0 Å². The topological polar surface area (TPSA) is 37.3 Å². The molecule has 0 heterocycles. The predicted molar refractivity (Wildman–Crippen MR) is 87.2 cm³/mol. The molecule has 3 fully saturated rings. The maximum Gasteiger partial charge on any atom is 0.270 e. The number of hydrogen-bond donors (Lipinski definition) is 1. The molecule has 0 aromatic heterocycles. The van der Waals surface area contributed by atoms with Crippen LogP contribution in [-0.2, 0) is 4.79 Å². The Morgan fingerprint density at radius 2 is 1.96 bits per heavy atom. The summed E-state index contributed by atoms with van der Waals surface area (Å²) in [5.41, 5.74) is 0.484. The molecule has 1 N–H and O–H groups in total. The molecule has 3 saturated carbocycles. The summed E-state index contributed by atoms with van der Waals surface area (Å²) in [7, 11) is 0. The second-order valence-corrected chi connectivity index (χ2v) is 8.53. The van der Waals surface area contributed by atoms with E-state index >= 15 is 0 Å². The Bertz CT molecular complexity index is 688. The van der Waals surface area contributed by atoms with E-state index in [1.165, 1.54) is 0 Å². The molecule has 0 unspecified atom stereocenters. The van der Waals surface area contributed by atoms with Gasteiger partial charge < -0.3 is 5.11 Å². The molecular weight excluding hydrogens is 310 g/mol. The summed E-state index contributed by atoms with van der Waals surface area (Å²) in [6.07, 6.45) is 6.54. The third-order valence-corrected chi connectivity index (χ3v) is 7.62. The van der Waals surface area contributed by atoms with Gasteiger partial charge in [0, 0.05) is 11.0 Å². The summed E-state index contributed by atoms with van der Waals surface area (Å²) in [6, 6.07) is 0. The summed E-state index contributed by atoms with van der Waals surface area (Å²) in [5, 5.41) is 10.5. The zero-order valence-electron chi connectivity index (χ0n) is 14.2. The molecule has 0 aromatic carbocycles. The highest BCUT2D eigenvalue weighted by atomic mass is 19.3. The largest absolute Gasteiger partial charge is 0.393 e. The molecule has 0 aromatic rings. The van der Waals surface area contributed by atoms with Crippen molar-refractivity contribution in [1.82, 2.24) is 0 Å². The second-order valence-electron chi connectivity index (χ2n) is 8.53. The van der Waals surface area contributed by atoms with E-state index in [4.69, 9.17) is 0 Å². The standard InChI is InChI=1S/C20H24F2O2/c1-19-7-5-12(23)9-11(19)10-13(18(21)22)17-14-3-4-16(24)20(14,2)8-6-15(17)19/h5,7,9,14-17,24H,3-4,6,8,10H2,1-2H3/t14-,15-,16-,17-,19-,20-/m0/s1. The molecule has 0 amide bonds. The molecule has 0 bridgehead atoms. The predicted octanol–water partition coefficient (Wildman–Crippen LogP) is 4.42. The highest BCUT2D eigenvalue weighted by Crippen LogP contribution is 2.66. The fourth-order valence-corrected chi connectivity index (χ4v) is 6.13. The zero-order chi connectivity index (χ0) is 17.3. The maximum atomic E-state index is 13.8. The fourth-order valence-electron chi connectivity index (χ4n) is 6.13. The van der Waals surface area contributed by atoms with Crippen LogP contribution in [0.5, 0.6) is 0 Å². The average molecular weight is 334 g/mol. The van der Waals surface area contributed by atoms with Crippen LogP contribution in [0, 0.1) is 28.6 Å². The highest BCUT2D eigenvalue weighted by Gasteiger charge is 2.60. The quantitative estimate of drug-likeness (QED) is 0.712. The minimum atomic E-state index is -1.58. The molecular formula is C20H24F2O2. The number of aliphatic hydroxyl groups is 1. The van der Waals surface area contributed by atoms with Gasteiger partial charge >= 0.3 is 0 Å². The van der Waals surface area contributed by atoms with Gasteiger partial charge in [0.15, 0.2) is 5.78 Å². The van der Waals surface area contributed by atoms with E-state index in [1.54, 1.807) is 12.2 Å². The second kappa shape index (κ2) is 5.10. The van der Waals surface area contributed by atoms with Crippen molar-refractivity contribution in [3.8, 4) is 0 Å². The van der Waals surface area contributed by atoms with Gasteiger partial charge in [0.1, 0.15) is 0 Å². The van der Waals surface area contributed by atoms with Crippen molar-refractivity contribution in [3.05, 3.63) is 35.5 Å². The Labute approximate surface area is 141 Å². The van der Waals surface area contributed by atoms with Gasteiger partial charge in [-0.05, 0) is 67.4 Å². The van der Waals surface area contributed by atoms with Gasteiger partial charge in [-0.25, -0.2) is 0 Å². The van der Waals surface area contributed by atoms with E-state index < -0.39 is 6.08 Å². The summed E-state index contributed by atoms with van der Waals surface area (Å²) >= 11 is 0. The number of hydrogen-bond acceptors (Lipinski definition) is 2. The molecule has 2 nitrogen and oxygen atoms in total. The third kappa shape index (κ3) is 1.98. The lowest BCUT2D eigenvalue weighted by molar-refractivity contribution is -0.111. The first kappa shape index (κ1) is 16.2. The summed E-state index contributed by atoms with van der Waals surface area (Å²) < 4.78 is 27.7. The van der Waals surface area contributed by atoms with E-state index in [9.17, 15) is 18.7 Å². The normalized spacial score (nSPS) is 47.0. The van der Waals surface area contributed by atoms with Crippen molar-refractivity contribution in [2.45, 2.75) is 52.1 Å². The minimum absolute atomic E-state index is 0.0849. The van der Waals surface area contributed by atoms with Gasteiger partial charge in [0.2, 0.25) is 0 Å². The molecule has 4 aliphatic carbocycles. The third-order valence-electron chi connectivity index (χ3n) is 7.62. The Morgan fingerprint density at radius 3 is 2.67 bits per heavy atom. The van der Waals surface area contributed by atoms with Crippen molar-refractivity contribution < 1.29 is 18.7 Å². The van der Waals surface area contributed by atoms with Crippen LogP contribution in [0.3, 0.4) is 0 Å². The number of ketones is 1. The summed E-state index contributed by atoms with van der Waals surface area (Å²) in [5.74, 6) is -0.101. The van der Waals surface area contributed by atoms with E-state index in [1.807, 2.05) is 6.08 Å². The summed E-state index contributed by atoms with van der Waals surface area (Å²) in [4.78, 5) is 11.8. The van der Waals surface area contributed by atoms with Crippen LogP contribution in [0.25, 0.3) is 0 Å². The Kier molecular flexibility index (Phi) is 3.44. The first-order valence-electron chi connectivity index (χ1n) is 8.94. The van der Waals surface area contributed by atoms with Crippen LogP contribution in [0.1, 0.15) is 46.0 Å². The number of carbonyl (C=O) groups is 1. The van der Waals surface area contributed by atoms with E-state index in [2.05, 4.69) is 13.8 Å². The van der Waals surface area contributed by atoms with Crippen LogP contribution < -0.4 is 0 Å². The molecule has 0 saturated heterocycles. The van der Waals surface area contributed by atoms with Crippen molar-refractivity contribution in [2.24, 2.45) is 28.6 Å². The van der Waals surface area contributed by atoms with Gasteiger partial charge in [0.05, 0.1) is 6.10 Å². The van der Waals surface area contributed by atoms with Crippen LogP contribution in [0.4, 0.5) is 8.78 Å². The lowest BCUT2D eigenvalue weighted by atomic mass is 9.47. The molecule has 24 heavy (non-hydrogen) atoms. The van der Waals surface area contributed by atoms with Gasteiger partial charge in [-0.3, -0.25) is 4.79 Å². The number of rotatable bonds is 0. The maximum absolute atomic E-state index is 13.8. The van der Waals surface area contributed by atoms with Crippen LogP contribution in [0.2, 0.25) is 0 Å². The minimum Gasteiger partial charge on any atom is -0.393 e. The number of allylic oxidation sites excluding steroid dienone is 5. The first-order chi connectivity index (χ1) is 11.3. The van der Waals surface area contributed by atoms with Gasteiger partial charge in [-0.1, -0.05) is 25.5 Å². The highest BCUT2D eigenvalue weighted by molar-refractivity contribution is 6.01. The van der Waals surface area contributed by atoms with Gasteiger partial charge in [-0.2, -0.15) is 8.78 Å². The molecule has 0 aliphatic heterocycles. The summed E-state index contributed by atoms with van der Waals surface area (Å²) in [6.45, 7) is 4.17. The van der Waals surface area contributed by atoms with Crippen molar-refractivity contribution in [3.63, 3.8) is 0 Å². The van der Waals surface area contributed by atoms with E-state index in [0.717, 1.165) is 24.8 Å². The lowest BCUT2D eigenvalue weighted by Gasteiger charge is -2.57. The van der Waals surface area contributed by atoms with Crippen LogP contribution in [0.15, 0.2) is 35.5 Å². The Hall–Kier alpha value is -1.29. The number of aliphatic hydroxyl groups excluding tert-OH is 1. The number of fused-ring (bicyclic) bond motifs is 5. The van der Waals surface area contributed by atoms with E-state index in [0.29, 0.717) is 6.42 Å². The van der Waals surface area contributed by atoms with Crippen molar-refractivity contribution >= 4 is 5.78 Å². The average Bonchev–Trinajstić information content (AvgIpc) is 2.83. The van der Waals surface area contributed by atoms with Crippen molar-refractivity contribution in [1.29, 1.82) is 0 Å². The molecule has 6 atom stereocenters. The van der Waals surface area contributed by atoms with Crippen LogP contribution >= 0.6 is 0 Å². The van der Waals surface area contributed by atoms with Gasteiger partial charge in [-0.15, -0.1) is 0 Å². The molecule has 4 heteroatoms. The monoisotopic (exact) mass is 334 g/mol.